The lowest BCUT2D eigenvalue weighted by Crippen LogP contribution is -2.70. The van der Waals surface area contributed by atoms with E-state index in [1.165, 1.54) is 7.11 Å². The lowest BCUT2D eigenvalue weighted by Gasteiger charge is -2.59. The first-order valence-electron chi connectivity index (χ1n) is 21.5. The molecule has 0 unspecified atom stereocenters. The maximum atomic E-state index is 14.4. The number of nitrogens with zero attached hydrogens (tertiary/aromatic N) is 2. The van der Waals surface area contributed by atoms with Crippen LogP contribution in [0.1, 0.15) is 68.9 Å². The van der Waals surface area contributed by atoms with Crippen molar-refractivity contribution < 1.29 is 48.3 Å². The number of ether oxygens (including phenoxy) is 6. The number of aliphatic hydroxyl groups is 2. The third-order valence-electron chi connectivity index (χ3n) is 12.5. The van der Waals surface area contributed by atoms with E-state index in [4.69, 9.17) is 33.3 Å². The lowest BCUT2D eigenvalue weighted by molar-refractivity contribution is -0.256. The maximum Gasteiger partial charge on any atom is 0.410 e. The van der Waals surface area contributed by atoms with E-state index in [-0.39, 0.29) is 63.9 Å². The monoisotopic (exact) mass is 832 g/mol. The molecule has 0 radical (unpaired) electrons. The Morgan fingerprint density at radius 1 is 0.918 bits per heavy atom. The number of amides is 1. The van der Waals surface area contributed by atoms with E-state index in [0.717, 1.165) is 53.2 Å². The van der Waals surface area contributed by atoms with Crippen LogP contribution in [0.25, 0.3) is 10.8 Å². The van der Waals surface area contributed by atoms with Crippen molar-refractivity contribution in [3.05, 3.63) is 114 Å². The van der Waals surface area contributed by atoms with Gasteiger partial charge in [0, 0.05) is 37.7 Å². The normalized spacial score (nSPS) is 24.0. The summed E-state index contributed by atoms with van der Waals surface area (Å²) in [7, 11) is 1.54. The summed E-state index contributed by atoms with van der Waals surface area (Å²) in [5, 5.41) is 26.7. The number of benzene rings is 4. The molecule has 0 bridgehead atoms. The second-order valence-corrected chi connectivity index (χ2v) is 16.1. The molecule has 0 spiro atoms. The third kappa shape index (κ3) is 8.54. The SMILES string of the molecule is C=CCO[C@@]12Oc3ccc(Oc4ccc5ccccc5c4)cc3[C@H]3[C@H](CCCCO)[C@@H](CCCCO)C=C(C(=NOC)C[C@@H]1N(Cc1ccc4c(c1)OCO4)C(=O)OCC)[C@H]32. The van der Waals surface area contributed by atoms with Crippen molar-refractivity contribution in [2.24, 2.45) is 22.9 Å². The number of aliphatic hydroxyl groups excluding tert-OH is 2. The van der Waals surface area contributed by atoms with Crippen LogP contribution >= 0.6 is 0 Å². The number of allylic oxidation sites excluding steroid dienone is 1. The van der Waals surface area contributed by atoms with Crippen LogP contribution in [0.3, 0.4) is 0 Å². The Kier molecular flexibility index (Phi) is 13.1. The summed E-state index contributed by atoms with van der Waals surface area (Å²) < 4.78 is 38.2. The Balaban J connectivity index is 1.31. The number of rotatable bonds is 18. The third-order valence-corrected chi connectivity index (χ3v) is 12.5. The van der Waals surface area contributed by atoms with Gasteiger partial charge in [-0.2, -0.15) is 0 Å². The fraction of sp³-hybridized carbons (Fsp3) is 0.429. The number of hydrogen-bond acceptors (Lipinski definition) is 11. The van der Waals surface area contributed by atoms with Gasteiger partial charge in [-0.1, -0.05) is 66.5 Å². The minimum atomic E-state index is -1.44. The highest BCUT2D eigenvalue weighted by molar-refractivity contribution is 6.03. The van der Waals surface area contributed by atoms with Crippen molar-refractivity contribution in [1.82, 2.24) is 4.90 Å². The Bertz CT molecular complexity index is 2260. The highest BCUT2D eigenvalue weighted by atomic mass is 16.7. The fourth-order valence-electron chi connectivity index (χ4n) is 9.93. The highest BCUT2D eigenvalue weighted by Gasteiger charge is 2.65. The van der Waals surface area contributed by atoms with Gasteiger partial charge in [0.1, 0.15) is 30.4 Å². The zero-order valence-corrected chi connectivity index (χ0v) is 35.0. The summed E-state index contributed by atoms with van der Waals surface area (Å²) in [6, 6.07) is 25.1. The second kappa shape index (κ2) is 19.0. The number of carbonyl (C=O) groups excluding carboxylic acids is 1. The van der Waals surface area contributed by atoms with Gasteiger partial charge in [0.05, 0.1) is 24.8 Å². The van der Waals surface area contributed by atoms with Gasteiger partial charge in [0.25, 0.3) is 0 Å². The van der Waals surface area contributed by atoms with Crippen LogP contribution in [0.2, 0.25) is 0 Å². The Labute approximate surface area is 357 Å². The molecule has 2 N–H and O–H groups in total. The summed E-state index contributed by atoms with van der Waals surface area (Å²) in [6.07, 6.45) is 8.35. The van der Waals surface area contributed by atoms with Crippen molar-refractivity contribution in [1.29, 1.82) is 0 Å². The van der Waals surface area contributed by atoms with Crippen LogP contribution in [-0.2, 0) is 20.9 Å². The number of fused-ring (bicyclic) bond motifs is 4. The maximum absolute atomic E-state index is 14.4. The van der Waals surface area contributed by atoms with E-state index in [0.29, 0.717) is 47.3 Å². The number of unbranched alkanes of at least 4 members (excludes halogenated alkanes) is 2. The first kappa shape index (κ1) is 42.1. The summed E-state index contributed by atoms with van der Waals surface area (Å²) in [5.74, 6) is 1.24. The van der Waals surface area contributed by atoms with Crippen molar-refractivity contribution in [3.63, 3.8) is 0 Å². The predicted molar refractivity (Wildman–Crippen MR) is 231 cm³/mol. The average Bonchev–Trinajstić information content (AvgIpc) is 3.75. The van der Waals surface area contributed by atoms with Gasteiger partial charge < -0.3 is 43.5 Å². The van der Waals surface area contributed by atoms with Crippen LogP contribution in [0.5, 0.6) is 28.7 Å². The van der Waals surface area contributed by atoms with Crippen LogP contribution < -0.4 is 18.9 Å². The molecule has 12 nitrogen and oxygen atoms in total. The first-order chi connectivity index (χ1) is 29.9. The molecule has 1 fully saturated rings. The lowest BCUT2D eigenvalue weighted by atomic mass is 9.55. The van der Waals surface area contributed by atoms with Crippen LogP contribution in [-0.4, -0.2) is 79.1 Å². The topological polar surface area (TPSA) is 138 Å². The molecule has 4 aromatic rings. The molecule has 322 valence electrons. The quantitative estimate of drug-likeness (QED) is 0.0567. The zero-order chi connectivity index (χ0) is 42.3. The fourth-order valence-corrected chi connectivity index (χ4v) is 9.93. The smallest absolute Gasteiger partial charge is 0.410 e. The first-order valence-corrected chi connectivity index (χ1v) is 21.5. The van der Waals surface area contributed by atoms with Crippen LogP contribution in [0.4, 0.5) is 4.79 Å². The zero-order valence-electron chi connectivity index (χ0n) is 35.0. The molecule has 2 aliphatic carbocycles. The van der Waals surface area contributed by atoms with Gasteiger partial charge in [0.2, 0.25) is 12.6 Å². The predicted octanol–water partition coefficient (Wildman–Crippen LogP) is 9.28. The number of carbonyl (C=O) groups is 1. The molecule has 4 aliphatic rings. The summed E-state index contributed by atoms with van der Waals surface area (Å²) in [4.78, 5) is 21.7. The van der Waals surface area contributed by atoms with E-state index in [9.17, 15) is 15.0 Å². The van der Waals surface area contributed by atoms with E-state index < -0.39 is 23.8 Å². The average molecular weight is 833 g/mol. The molecular formula is C49H56N2O10. The molecule has 0 saturated heterocycles. The standard InChI is InChI=1S/C49H56N2O10/c1-4-24-59-49-45(51(48(54)56-5-2)30-32-16-20-43-44(25-32)58-31-57-43)29-41(50-55-3)39-27-35(14-8-10-22-52)38(15-9-11-23-53)46(47(39)49)40-28-37(19-21-42(40)61-49)60-36-18-17-33-12-6-7-13-34(33)26-36/h4,6-7,12-13,16-21,25-28,35,38,45-47,52-53H,1,5,8-11,14-15,22-24,29-31H2,2-3H3/t35-,38+,45-,46+,47+,49+/m0/s1. The largest absolute Gasteiger partial charge is 0.459 e. The molecule has 6 atom stereocenters. The van der Waals surface area contributed by atoms with Gasteiger partial charge in [0.15, 0.2) is 11.5 Å². The van der Waals surface area contributed by atoms with E-state index in [2.05, 4.69) is 42.1 Å². The Hall–Kier alpha value is -5.56. The van der Waals surface area contributed by atoms with Gasteiger partial charge in [-0.25, -0.2) is 4.79 Å². The van der Waals surface area contributed by atoms with E-state index in [1.807, 2.05) is 54.6 Å². The van der Waals surface area contributed by atoms with Crippen LogP contribution in [0, 0.1) is 17.8 Å². The van der Waals surface area contributed by atoms with Crippen molar-refractivity contribution in [2.45, 2.75) is 76.2 Å². The minimum absolute atomic E-state index is 0.0525. The van der Waals surface area contributed by atoms with Crippen molar-refractivity contribution in [2.75, 3.05) is 40.3 Å². The van der Waals surface area contributed by atoms with Gasteiger partial charge in [-0.3, -0.25) is 4.90 Å². The Morgan fingerprint density at radius 2 is 1.67 bits per heavy atom. The van der Waals surface area contributed by atoms with Gasteiger partial charge >= 0.3 is 6.09 Å². The molecule has 1 saturated carbocycles. The second-order valence-electron chi connectivity index (χ2n) is 16.1. The molecule has 61 heavy (non-hydrogen) atoms. The molecule has 2 aliphatic heterocycles. The van der Waals surface area contributed by atoms with E-state index >= 15 is 0 Å². The summed E-state index contributed by atoms with van der Waals surface area (Å²) >= 11 is 0. The van der Waals surface area contributed by atoms with Gasteiger partial charge in [-0.15, -0.1) is 6.58 Å². The van der Waals surface area contributed by atoms with Gasteiger partial charge in [-0.05, 0) is 109 Å². The summed E-state index contributed by atoms with van der Waals surface area (Å²) in [6.45, 7) is 6.59. The molecule has 4 aromatic carbocycles. The molecule has 8 rings (SSSR count). The number of oxime groups is 1. The van der Waals surface area contributed by atoms with E-state index in [1.54, 1.807) is 17.9 Å². The minimum Gasteiger partial charge on any atom is -0.459 e. The molecular weight excluding hydrogens is 777 g/mol. The van der Waals surface area contributed by atoms with Crippen molar-refractivity contribution in [3.8, 4) is 28.7 Å². The summed E-state index contributed by atoms with van der Waals surface area (Å²) in [5.41, 5.74) is 3.40. The molecule has 12 heteroatoms. The van der Waals surface area contributed by atoms with Crippen molar-refractivity contribution >= 4 is 22.6 Å². The number of hydrogen-bond donors (Lipinski definition) is 2. The molecule has 1 amide bonds. The Morgan fingerprint density at radius 3 is 2.46 bits per heavy atom. The van der Waals surface area contributed by atoms with Crippen LogP contribution in [0.15, 0.2) is 108 Å². The molecule has 0 aromatic heterocycles. The molecule has 2 heterocycles. The highest BCUT2D eigenvalue weighted by Crippen LogP contribution is 2.62.